The van der Waals surface area contributed by atoms with Crippen LogP contribution in [0, 0.1) is 0 Å². The van der Waals surface area contributed by atoms with Crippen LogP contribution in [0.2, 0.25) is 0 Å². The Labute approximate surface area is 257 Å². The van der Waals surface area contributed by atoms with Gasteiger partial charge < -0.3 is 47.4 Å². The third-order valence-corrected chi connectivity index (χ3v) is 6.32. The summed E-state index contributed by atoms with van der Waals surface area (Å²) < 4.78 is 55.0. The van der Waals surface area contributed by atoms with E-state index in [1.54, 1.807) is 0 Å². The predicted molar refractivity (Wildman–Crippen MR) is 142 cm³/mol. The SMILES string of the molecule is CC(=O)OC[C@H]1OC(S)[C@H](OC(C)=O)[C@@H](OC(C)=O)[C@@H]1O[C@@H]1O[C@H](COC(C)=O)[C@H](OC(C)=O)C(OC(C)=O)[C@H]1OC(C)=O. The van der Waals surface area contributed by atoms with Gasteiger partial charge in [0.1, 0.15) is 37.0 Å². The minimum absolute atomic E-state index is 0.479. The van der Waals surface area contributed by atoms with Gasteiger partial charge in [-0.1, -0.05) is 0 Å². The molecular formula is C26H36O17S. The molecule has 2 aliphatic rings. The highest BCUT2D eigenvalue weighted by Crippen LogP contribution is 2.35. The Morgan fingerprint density at radius 1 is 0.477 bits per heavy atom. The maximum atomic E-state index is 12.2. The molecule has 2 aliphatic heterocycles. The minimum atomic E-state index is -1.74. The molecule has 2 rings (SSSR count). The quantitative estimate of drug-likeness (QED) is 0.170. The van der Waals surface area contributed by atoms with Crippen molar-refractivity contribution in [2.45, 2.75) is 109 Å². The molecule has 0 amide bonds. The van der Waals surface area contributed by atoms with Gasteiger partial charge in [-0.3, -0.25) is 33.6 Å². The summed E-state index contributed by atoms with van der Waals surface area (Å²) in [6.07, 6.45) is -13.4. The first-order valence-corrected chi connectivity index (χ1v) is 13.8. The van der Waals surface area contributed by atoms with E-state index < -0.39 is 116 Å². The van der Waals surface area contributed by atoms with Gasteiger partial charge in [-0.15, -0.1) is 12.6 Å². The molecule has 17 nitrogen and oxygen atoms in total. The Hall–Kier alpha value is -3.48. The van der Waals surface area contributed by atoms with Crippen molar-refractivity contribution in [1.82, 2.24) is 0 Å². The molecule has 0 aromatic rings. The van der Waals surface area contributed by atoms with Crippen molar-refractivity contribution in [3.63, 3.8) is 0 Å². The van der Waals surface area contributed by atoms with Crippen molar-refractivity contribution in [2.75, 3.05) is 13.2 Å². The topological polar surface area (TPSA) is 212 Å². The summed E-state index contributed by atoms with van der Waals surface area (Å²) in [4.78, 5) is 83.7. The summed E-state index contributed by atoms with van der Waals surface area (Å²) in [5.74, 6) is -5.69. The first kappa shape index (κ1) is 36.7. The lowest BCUT2D eigenvalue weighted by Gasteiger charge is -2.48. The van der Waals surface area contributed by atoms with E-state index in [0.29, 0.717) is 0 Å². The second kappa shape index (κ2) is 16.6. The lowest BCUT2D eigenvalue weighted by molar-refractivity contribution is -0.341. The van der Waals surface area contributed by atoms with E-state index in [-0.39, 0.29) is 0 Å². The maximum absolute atomic E-state index is 12.2. The molecule has 0 aromatic heterocycles. The van der Waals surface area contributed by atoms with Crippen molar-refractivity contribution in [3.05, 3.63) is 0 Å². The van der Waals surface area contributed by atoms with E-state index in [1.165, 1.54) is 0 Å². The molecule has 2 heterocycles. The molecule has 2 unspecified atom stereocenters. The second-order valence-electron chi connectivity index (χ2n) is 9.68. The molecule has 0 spiro atoms. The Kier molecular flexibility index (Phi) is 13.8. The Morgan fingerprint density at radius 3 is 1.27 bits per heavy atom. The van der Waals surface area contributed by atoms with Gasteiger partial charge in [0.05, 0.1) is 0 Å². The molecule has 0 saturated carbocycles. The third kappa shape index (κ3) is 10.9. The number of ether oxygens (including phenoxy) is 10. The molecular weight excluding hydrogens is 616 g/mol. The smallest absolute Gasteiger partial charge is 0.303 e. The summed E-state index contributed by atoms with van der Waals surface area (Å²) in [5.41, 5.74) is -1.21. The van der Waals surface area contributed by atoms with E-state index in [4.69, 9.17) is 47.4 Å². The van der Waals surface area contributed by atoms with Crippen LogP contribution in [-0.4, -0.2) is 116 Å². The van der Waals surface area contributed by atoms with Gasteiger partial charge in [0, 0.05) is 48.5 Å². The molecule has 0 bridgehead atoms. The number of rotatable bonds is 11. The number of thiol groups is 1. The number of esters is 7. The molecule has 248 valence electrons. The fourth-order valence-electron chi connectivity index (χ4n) is 4.49. The van der Waals surface area contributed by atoms with Crippen LogP contribution in [0.1, 0.15) is 48.5 Å². The predicted octanol–water partition coefficient (Wildman–Crippen LogP) is -0.464. The van der Waals surface area contributed by atoms with Crippen LogP contribution in [0.3, 0.4) is 0 Å². The third-order valence-electron chi connectivity index (χ3n) is 5.90. The first-order chi connectivity index (χ1) is 20.5. The van der Waals surface area contributed by atoms with Gasteiger partial charge >= 0.3 is 41.8 Å². The fourth-order valence-corrected chi connectivity index (χ4v) is 4.88. The standard InChI is InChI=1S/C26H36O17S/c1-10(27)34-8-17-19(36-12(3)29)21(37-13(4)30)23(39-15(6)32)25(41-17)43-20-18(9-35-11(2)28)42-26(44)24(40-16(7)33)22(20)38-14(5)31/h17-26,44H,8-9H2,1-7H3/t17-,18-,19+,20-,21?,22+,23-,24-,25+,26?/m1/s1. The van der Waals surface area contributed by atoms with E-state index in [9.17, 15) is 33.6 Å². The van der Waals surface area contributed by atoms with E-state index in [2.05, 4.69) is 12.6 Å². The number of carbonyl (C=O) groups is 7. The van der Waals surface area contributed by atoms with Crippen molar-refractivity contribution in [1.29, 1.82) is 0 Å². The normalized spacial score (nSPS) is 31.5. The van der Waals surface area contributed by atoms with Gasteiger partial charge in [0.25, 0.3) is 0 Å². The molecule has 2 saturated heterocycles. The zero-order valence-corrected chi connectivity index (χ0v) is 26.0. The molecule has 2 fully saturated rings. The lowest BCUT2D eigenvalue weighted by Crippen LogP contribution is -2.66. The molecule has 0 aromatic carbocycles. The summed E-state index contributed by atoms with van der Waals surface area (Å²) in [7, 11) is 0. The molecule has 10 atom stereocenters. The molecule has 18 heteroatoms. The highest BCUT2D eigenvalue weighted by Gasteiger charge is 2.57. The minimum Gasteiger partial charge on any atom is -0.463 e. The average Bonchev–Trinajstić information content (AvgIpc) is 2.87. The van der Waals surface area contributed by atoms with Crippen LogP contribution < -0.4 is 0 Å². The van der Waals surface area contributed by atoms with Crippen molar-refractivity contribution in [2.24, 2.45) is 0 Å². The van der Waals surface area contributed by atoms with Crippen LogP contribution in [0.5, 0.6) is 0 Å². The van der Waals surface area contributed by atoms with Crippen LogP contribution in [0.4, 0.5) is 0 Å². The number of hydrogen-bond acceptors (Lipinski definition) is 18. The van der Waals surface area contributed by atoms with Crippen LogP contribution in [-0.2, 0) is 80.9 Å². The summed E-state index contributed by atoms with van der Waals surface area (Å²) in [6.45, 7) is 6.50. The van der Waals surface area contributed by atoms with Gasteiger partial charge in [0.15, 0.2) is 36.8 Å². The van der Waals surface area contributed by atoms with E-state index in [0.717, 1.165) is 48.5 Å². The summed E-state index contributed by atoms with van der Waals surface area (Å²) in [5, 5.41) is 0. The van der Waals surface area contributed by atoms with Gasteiger partial charge in [-0.05, 0) is 0 Å². The van der Waals surface area contributed by atoms with E-state index in [1.807, 2.05) is 0 Å². The first-order valence-electron chi connectivity index (χ1n) is 13.3. The second-order valence-corrected chi connectivity index (χ2v) is 10.2. The van der Waals surface area contributed by atoms with Gasteiger partial charge in [-0.2, -0.15) is 0 Å². The Bertz CT molecular complexity index is 1090. The van der Waals surface area contributed by atoms with Gasteiger partial charge in [0.2, 0.25) is 0 Å². The lowest BCUT2D eigenvalue weighted by atomic mass is 9.96. The zero-order valence-electron chi connectivity index (χ0n) is 25.1. The monoisotopic (exact) mass is 652 g/mol. The maximum Gasteiger partial charge on any atom is 0.303 e. The van der Waals surface area contributed by atoms with E-state index >= 15 is 0 Å². The molecule has 0 N–H and O–H groups in total. The highest BCUT2D eigenvalue weighted by atomic mass is 32.1. The van der Waals surface area contributed by atoms with Crippen LogP contribution in [0.15, 0.2) is 0 Å². The van der Waals surface area contributed by atoms with Gasteiger partial charge in [-0.25, -0.2) is 0 Å². The molecule has 0 aliphatic carbocycles. The van der Waals surface area contributed by atoms with Crippen molar-refractivity contribution >= 4 is 54.4 Å². The van der Waals surface area contributed by atoms with Crippen molar-refractivity contribution < 1.29 is 80.9 Å². The summed E-state index contributed by atoms with van der Waals surface area (Å²) in [6, 6.07) is 0. The molecule has 0 radical (unpaired) electrons. The molecule has 44 heavy (non-hydrogen) atoms. The largest absolute Gasteiger partial charge is 0.463 e. The number of hydrogen-bond donors (Lipinski definition) is 1. The van der Waals surface area contributed by atoms with Crippen molar-refractivity contribution in [3.8, 4) is 0 Å². The Morgan fingerprint density at radius 2 is 0.841 bits per heavy atom. The fraction of sp³-hybridized carbons (Fsp3) is 0.731. The summed E-state index contributed by atoms with van der Waals surface area (Å²) >= 11 is 4.30. The van der Waals surface area contributed by atoms with Crippen LogP contribution in [0.25, 0.3) is 0 Å². The number of carbonyl (C=O) groups excluding carboxylic acids is 7. The Balaban J connectivity index is 2.66. The van der Waals surface area contributed by atoms with Crippen LogP contribution >= 0.6 is 12.6 Å². The average molecular weight is 653 g/mol. The highest BCUT2D eigenvalue weighted by molar-refractivity contribution is 7.80. The zero-order chi connectivity index (χ0) is 33.3.